The van der Waals surface area contributed by atoms with Gasteiger partial charge in [-0.2, -0.15) is 0 Å². The average molecular weight is 202 g/mol. The third-order valence-corrected chi connectivity index (χ3v) is 2.53. The van der Waals surface area contributed by atoms with Gasteiger partial charge >= 0.3 is 5.97 Å². The van der Waals surface area contributed by atoms with Crippen LogP contribution in [0.1, 0.15) is 6.42 Å². The summed E-state index contributed by atoms with van der Waals surface area (Å²) in [6, 6.07) is 0. The Morgan fingerprint density at radius 2 is 2.07 bits per heavy atom. The Kier molecular flexibility index (Phi) is 4.31. The van der Waals surface area contributed by atoms with Gasteiger partial charge in [-0.3, -0.25) is 4.90 Å². The van der Waals surface area contributed by atoms with Gasteiger partial charge in [-0.1, -0.05) is 0 Å². The summed E-state index contributed by atoms with van der Waals surface area (Å²) in [5, 5.41) is 17.7. The minimum absolute atomic E-state index is 0.239. The molecular weight excluding hydrogens is 184 g/mol. The molecule has 0 aromatic heterocycles. The number of hydrogen-bond donors (Lipinski definition) is 2. The molecule has 1 rings (SSSR count). The molecule has 1 fully saturated rings. The Hall–Kier alpha value is -0.650. The Labute approximate surface area is 83.9 Å². The van der Waals surface area contributed by atoms with Gasteiger partial charge in [0, 0.05) is 19.6 Å². The summed E-state index contributed by atoms with van der Waals surface area (Å²) in [6.45, 7) is 3.92. The van der Waals surface area contributed by atoms with Crippen molar-refractivity contribution < 1.29 is 15.0 Å². The van der Waals surface area contributed by atoms with Crippen molar-refractivity contribution in [2.24, 2.45) is 0 Å². The molecular formula is C9H18N2O3. The van der Waals surface area contributed by atoms with E-state index in [0.29, 0.717) is 0 Å². The predicted molar refractivity (Wildman–Crippen MR) is 52.2 cm³/mol. The van der Waals surface area contributed by atoms with E-state index in [2.05, 4.69) is 11.9 Å². The van der Waals surface area contributed by atoms with Crippen molar-refractivity contribution in [3.63, 3.8) is 0 Å². The third kappa shape index (κ3) is 3.61. The second-order valence-electron chi connectivity index (χ2n) is 3.81. The SMILES string of the molecule is CN1CCCN(CC(O)C(=O)O)CC1. The zero-order chi connectivity index (χ0) is 10.6. The molecule has 0 amide bonds. The number of likely N-dealkylation sites (N-methyl/N-ethyl adjacent to an activating group) is 1. The molecule has 0 spiro atoms. The van der Waals surface area contributed by atoms with Crippen LogP contribution in [-0.2, 0) is 4.79 Å². The lowest BCUT2D eigenvalue weighted by atomic mass is 10.3. The van der Waals surface area contributed by atoms with Crippen molar-refractivity contribution in [2.75, 3.05) is 39.8 Å². The van der Waals surface area contributed by atoms with Crippen molar-refractivity contribution in [3.05, 3.63) is 0 Å². The molecule has 14 heavy (non-hydrogen) atoms. The Balaban J connectivity index is 2.33. The van der Waals surface area contributed by atoms with Crippen molar-refractivity contribution >= 4 is 5.97 Å². The van der Waals surface area contributed by atoms with Gasteiger partial charge in [0.25, 0.3) is 0 Å². The van der Waals surface area contributed by atoms with E-state index in [1.807, 2.05) is 4.90 Å². The van der Waals surface area contributed by atoms with Crippen LogP contribution in [0.15, 0.2) is 0 Å². The van der Waals surface area contributed by atoms with Crippen LogP contribution < -0.4 is 0 Å². The van der Waals surface area contributed by atoms with Crippen LogP contribution >= 0.6 is 0 Å². The normalized spacial score (nSPS) is 23.0. The highest BCUT2D eigenvalue weighted by Gasteiger charge is 2.19. The number of aliphatic hydroxyl groups is 1. The summed E-state index contributed by atoms with van der Waals surface area (Å²) < 4.78 is 0. The molecule has 1 aliphatic rings. The fourth-order valence-corrected chi connectivity index (χ4v) is 1.61. The van der Waals surface area contributed by atoms with E-state index < -0.39 is 12.1 Å². The van der Waals surface area contributed by atoms with Crippen LogP contribution in [0.2, 0.25) is 0 Å². The van der Waals surface area contributed by atoms with Crippen LogP contribution in [0, 0.1) is 0 Å². The third-order valence-electron chi connectivity index (χ3n) is 2.53. The van der Waals surface area contributed by atoms with Gasteiger partial charge in [-0.05, 0) is 26.6 Å². The van der Waals surface area contributed by atoms with Crippen LogP contribution in [0.4, 0.5) is 0 Å². The molecule has 0 saturated carbocycles. The summed E-state index contributed by atoms with van der Waals surface area (Å²) in [7, 11) is 2.05. The van der Waals surface area contributed by atoms with Gasteiger partial charge in [-0.25, -0.2) is 4.79 Å². The highest BCUT2D eigenvalue weighted by atomic mass is 16.4. The van der Waals surface area contributed by atoms with Crippen LogP contribution in [0.25, 0.3) is 0 Å². The second kappa shape index (κ2) is 5.29. The van der Waals surface area contributed by atoms with Crippen molar-refractivity contribution in [1.82, 2.24) is 9.80 Å². The molecule has 1 aliphatic heterocycles. The quantitative estimate of drug-likeness (QED) is 0.619. The summed E-state index contributed by atoms with van der Waals surface area (Å²) in [5.74, 6) is -1.14. The molecule has 2 N–H and O–H groups in total. The highest BCUT2D eigenvalue weighted by Crippen LogP contribution is 2.02. The molecule has 1 heterocycles. The number of hydrogen-bond acceptors (Lipinski definition) is 4. The highest BCUT2D eigenvalue weighted by molar-refractivity contribution is 5.72. The van der Waals surface area contributed by atoms with E-state index in [9.17, 15) is 9.90 Å². The smallest absolute Gasteiger partial charge is 0.333 e. The number of rotatable bonds is 3. The maximum Gasteiger partial charge on any atom is 0.333 e. The molecule has 0 radical (unpaired) electrons. The van der Waals surface area contributed by atoms with E-state index in [1.54, 1.807) is 0 Å². The number of aliphatic carboxylic acids is 1. The topological polar surface area (TPSA) is 64.0 Å². The fraction of sp³-hybridized carbons (Fsp3) is 0.889. The zero-order valence-corrected chi connectivity index (χ0v) is 8.52. The number of β-amino-alcohol motifs (C(OH)–C–C–N with tert-alkyl or cyclic N) is 1. The summed E-state index contributed by atoms with van der Waals surface area (Å²) in [5.41, 5.74) is 0. The second-order valence-corrected chi connectivity index (χ2v) is 3.81. The Morgan fingerprint density at radius 1 is 1.36 bits per heavy atom. The summed E-state index contributed by atoms with van der Waals surface area (Å²) in [6.07, 6.45) is -0.221. The first-order valence-electron chi connectivity index (χ1n) is 4.91. The van der Waals surface area contributed by atoms with Gasteiger partial charge in [0.05, 0.1) is 0 Å². The standard InChI is InChI=1S/C9H18N2O3/c1-10-3-2-4-11(6-5-10)7-8(12)9(13)14/h8,12H,2-7H2,1H3,(H,13,14). The maximum atomic E-state index is 10.4. The molecule has 5 nitrogen and oxygen atoms in total. The van der Waals surface area contributed by atoms with Crippen LogP contribution in [0.3, 0.4) is 0 Å². The van der Waals surface area contributed by atoms with Crippen molar-refractivity contribution in [2.45, 2.75) is 12.5 Å². The molecule has 1 unspecified atom stereocenters. The summed E-state index contributed by atoms with van der Waals surface area (Å²) >= 11 is 0. The number of nitrogens with zero attached hydrogens (tertiary/aromatic N) is 2. The van der Waals surface area contributed by atoms with Gasteiger partial charge < -0.3 is 15.1 Å². The minimum atomic E-state index is -1.25. The zero-order valence-electron chi connectivity index (χ0n) is 8.52. The lowest BCUT2D eigenvalue weighted by molar-refractivity contribution is -0.147. The van der Waals surface area contributed by atoms with E-state index >= 15 is 0 Å². The Morgan fingerprint density at radius 3 is 2.71 bits per heavy atom. The van der Waals surface area contributed by atoms with E-state index in [4.69, 9.17) is 5.11 Å². The number of aliphatic hydroxyl groups excluding tert-OH is 1. The lowest BCUT2D eigenvalue weighted by Crippen LogP contribution is -2.38. The van der Waals surface area contributed by atoms with Crippen molar-refractivity contribution in [3.8, 4) is 0 Å². The Bertz CT molecular complexity index is 198. The number of carbonyl (C=O) groups is 1. The monoisotopic (exact) mass is 202 g/mol. The van der Waals surface area contributed by atoms with E-state index in [-0.39, 0.29) is 6.54 Å². The first kappa shape index (κ1) is 11.4. The minimum Gasteiger partial charge on any atom is -0.479 e. The summed E-state index contributed by atoms with van der Waals surface area (Å²) in [4.78, 5) is 14.7. The molecule has 1 atom stereocenters. The first-order valence-corrected chi connectivity index (χ1v) is 4.91. The van der Waals surface area contributed by atoms with E-state index in [1.165, 1.54) is 0 Å². The molecule has 0 aromatic rings. The number of carboxylic acid groups (broad SMARTS) is 1. The molecule has 0 aliphatic carbocycles. The maximum absolute atomic E-state index is 10.4. The van der Waals surface area contributed by atoms with Crippen LogP contribution in [0.5, 0.6) is 0 Å². The van der Waals surface area contributed by atoms with Gasteiger partial charge in [0.2, 0.25) is 0 Å². The molecule has 5 heteroatoms. The fourth-order valence-electron chi connectivity index (χ4n) is 1.61. The average Bonchev–Trinajstić information content (AvgIpc) is 2.31. The molecule has 0 aromatic carbocycles. The number of carboxylic acids is 1. The first-order chi connectivity index (χ1) is 6.59. The molecule has 0 bridgehead atoms. The van der Waals surface area contributed by atoms with Gasteiger partial charge in [-0.15, -0.1) is 0 Å². The lowest BCUT2D eigenvalue weighted by Gasteiger charge is -2.21. The predicted octanol–water partition coefficient (Wildman–Crippen LogP) is -0.931. The van der Waals surface area contributed by atoms with Crippen molar-refractivity contribution in [1.29, 1.82) is 0 Å². The van der Waals surface area contributed by atoms with Gasteiger partial charge in [0.15, 0.2) is 6.10 Å². The largest absolute Gasteiger partial charge is 0.479 e. The molecule has 82 valence electrons. The van der Waals surface area contributed by atoms with Crippen LogP contribution in [-0.4, -0.2) is 71.9 Å². The van der Waals surface area contributed by atoms with Gasteiger partial charge in [0.1, 0.15) is 0 Å². The van der Waals surface area contributed by atoms with E-state index in [0.717, 1.165) is 32.6 Å². The molecule has 1 saturated heterocycles.